The first kappa shape index (κ1) is 17.7. The fraction of sp³-hybridized carbons (Fsp3) is 0.562. The molecule has 23 heavy (non-hydrogen) atoms. The van der Waals surface area contributed by atoms with Crippen molar-refractivity contribution in [3.8, 4) is 0 Å². The number of hydrogen-bond acceptors (Lipinski definition) is 4. The minimum atomic E-state index is -3.30. The van der Waals surface area contributed by atoms with Crippen LogP contribution in [0, 0.1) is 11.8 Å². The molecular weight excluding hydrogens is 314 g/mol. The lowest BCUT2D eigenvalue weighted by molar-refractivity contribution is -0.120. The molecule has 1 fully saturated rings. The van der Waals surface area contributed by atoms with Crippen LogP contribution < -0.4 is 15.8 Å². The maximum absolute atomic E-state index is 12.3. The molecule has 4 N–H and O–H groups in total. The van der Waals surface area contributed by atoms with Gasteiger partial charge in [0, 0.05) is 17.3 Å². The first-order chi connectivity index (χ1) is 10.9. The van der Waals surface area contributed by atoms with Crippen LogP contribution in [0.25, 0.3) is 0 Å². The molecule has 128 valence electrons. The van der Waals surface area contributed by atoms with Gasteiger partial charge in [0.15, 0.2) is 0 Å². The Morgan fingerprint density at radius 3 is 2.48 bits per heavy atom. The van der Waals surface area contributed by atoms with Gasteiger partial charge in [-0.3, -0.25) is 9.52 Å². The van der Waals surface area contributed by atoms with Crippen LogP contribution in [0.3, 0.4) is 0 Å². The van der Waals surface area contributed by atoms with E-state index in [0.717, 1.165) is 19.3 Å². The van der Waals surface area contributed by atoms with Crippen LogP contribution in [0.5, 0.6) is 0 Å². The van der Waals surface area contributed by atoms with Gasteiger partial charge < -0.3 is 11.1 Å². The highest BCUT2D eigenvalue weighted by Gasteiger charge is 2.31. The monoisotopic (exact) mass is 339 g/mol. The van der Waals surface area contributed by atoms with Gasteiger partial charge in [-0.2, -0.15) is 0 Å². The van der Waals surface area contributed by atoms with E-state index in [2.05, 4.69) is 10.0 Å². The van der Waals surface area contributed by atoms with Crippen molar-refractivity contribution in [1.29, 1.82) is 0 Å². The first-order valence-corrected chi connectivity index (χ1v) is 9.72. The van der Waals surface area contributed by atoms with Crippen molar-refractivity contribution in [3.05, 3.63) is 24.3 Å². The molecule has 0 spiro atoms. The average Bonchev–Trinajstić information content (AvgIpc) is 2.97. The van der Waals surface area contributed by atoms with Crippen LogP contribution in [0.4, 0.5) is 11.4 Å². The average molecular weight is 339 g/mol. The number of sulfonamides is 1. The number of rotatable bonds is 7. The lowest BCUT2D eigenvalue weighted by Gasteiger charge is -2.17. The van der Waals surface area contributed by atoms with E-state index in [1.54, 1.807) is 24.3 Å². The fourth-order valence-corrected chi connectivity index (χ4v) is 4.15. The van der Waals surface area contributed by atoms with E-state index in [1.807, 2.05) is 6.92 Å². The number of hydrogen-bond donors (Lipinski definition) is 3. The lowest BCUT2D eigenvalue weighted by Crippen LogP contribution is -2.29. The molecule has 0 radical (unpaired) electrons. The van der Waals surface area contributed by atoms with Gasteiger partial charge >= 0.3 is 0 Å². The Kier molecular flexibility index (Phi) is 6.01. The third-order valence-electron chi connectivity index (χ3n) is 4.20. The Balaban J connectivity index is 1.96. The second-order valence-electron chi connectivity index (χ2n) is 6.02. The van der Waals surface area contributed by atoms with Gasteiger partial charge in [0.25, 0.3) is 0 Å². The Morgan fingerprint density at radius 1 is 1.22 bits per heavy atom. The molecule has 1 aromatic rings. The number of carbonyl (C=O) groups is 1. The summed E-state index contributed by atoms with van der Waals surface area (Å²) in [6.07, 6.45) is 3.49. The Labute approximate surface area is 137 Å². The van der Waals surface area contributed by atoms with E-state index in [-0.39, 0.29) is 23.5 Å². The predicted octanol–water partition coefficient (Wildman–Crippen LogP) is 2.15. The van der Waals surface area contributed by atoms with Crippen molar-refractivity contribution in [2.24, 2.45) is 17.6 Å². The van der Waals surface area contributed by atoms with Gasteiger partial charge in [-0.15, -0.1) is 0 Å². The quantitative estimate of drug-likeness (QED) is 0.708. The number of amides is 1. The van der Waals surface area contributed by atoms with Crippen molar-refractivity contribution in [2.75, 3.05) is 22.3 Å². The molecule has 1 aliphatic rings. The molecule has 1 amide bonds. The summed E-state index contributed by atoms with van der Waals surface area (Å²) in [5.74, 6) is 0.323. The molecule has 2 atom stereocenters. The highest BCUT2D eigenvalue weighted by atomic mass is 32.2. The molecule has 6 nitrogen and oxygen atoms in total. The summed E-state index contributed by atoms with van der Waals surface area (Å²) >= 11 is 0. The van der Waals surface area contributed by atoms with E-state index in [0.29, 0.717) is 24.3 Å². The third kappa shape index (κ3) is 4.94. The number of nitrogens with one attached hydrogen (secondary N) is 2. The van der Waals surface area contributed by atoms with Crippen LogP contribution in [0.1, 0.15) is 32.6 Å². The predicted molar refractivity (Wildman–Crippen MR) is 92.7 cm³/mol. The third-order valence-corrected chi connectivity index (χ3v) is 5.69. The highest BCUT2D eigenvalue weighted by Crippen LogP contribution is 2.31. The van der Waals surface area contributed by atoms with Gasteiger partial charge in [-0.1, -0.05) is 13.3 Å². The number of nitrogens with two attached hydrogens (primary N) is 1. The van der Waals surface area contributed by atoms with Gasteiger partial charge in [0.05, 0.1) is 5.75 Å². The van der Waals surface area contributed by atoms with Crippen LogP contribution in [0.2, 0.25) is 0 Å². The van der Waals surface area contributed by atoms with Gasteiger partial charge in [-0.25, -0.2) is 8.42 Å². The van der Waals surface area contributed by atoms with Crippen LogP contribution >= 0.6 is 0 Å². The number of carbonyl (C=O) groups excluding carboxylic acids is 1. The molecule has 1 aliphatic carbocycles. The molecule has 0 bridgehead atoms. The SMILES string of the molecule is CCCS(=O)(=O)Nc1ccc(NC(=O)[C@@H]2CCC[C@@H]2CN)cc1. The van der Waals surface area contributed by atoms with E-state index < -0.39 is 10.0 Å². The summed E-state index contributed by atoms with van der Waals surface area (Å²) in [6, 6.07) is 6.71. The molecule has 1 aromatic carbocycles. The molecule has 2 rings (SSSR count). The van der Waals surface area contributed by atoms with Crippen LogP contribution in [-0.4, -0.2) is 26.6 Å². The summed E-state index contributed by atoms with van der Waals surface area (Å²) in [5, 5.41) is 2.89. The maximum atomic E-state index is 12.3. The summed E-state index contributed by atoms with van der Waals surface area (Å²) in [7, 11) is -3.30. The normalized spacial score (nSPS) is 21.1. The van der Waals surface area contributed by atoms with Crippen molar-refractivity contribution < 1.29 is 13.2 Å². The second kappa shape index (κ2) is 7.79. The largest absolute Gasteiger partial charge is 0.330 e. The summed E-state index contributed by atoms with van der Waals surface area (Å²) in [5.41, 5.74) is 6.87. The molecule has 0 heterocycles. The van der Waals surface area contributed by atoms with Crippen molar-refractivity contribution in [3.63, 3.8) is 0 Å². The molecule has 1 saturated carbocycles. The van der Waals surface area contributed by atoms with Crippen molar-refractivity contribution >= 4 is 27.3 Å². The zero-order chi connectivity index (χ0) is 16.9. The van der Waals surface area contributed by atoms with Crippen LogP contribution in [-0.2, 0) is 14.8 Å². The molecule has 0 saturated heterocycles. The highest BCUT2D eigenvalue weighted by molar-refractivity contribution is 7.92. The lowest BCUT2D eigenvalue weighted by atomic mass is 9.95. The van der Waals surface area contributed by atoms with E-state index in [1.165, 1.54) is 0 Å². The number of anilines is 2. The maximum Gasteiger partial charge on any atom is 0.232 e. The molecular formula is C16H25N3O3S. The topological polar surface area (TPSA) is 101 Å². The second-order valence-corrected chi connectivity index (χ2v) is 7.86. The molecule has 7 heteroatoms. The molecule has 0 aromatic heterocycles. The first-order valence-electron chi connectivity index (χ1n) is 8.06. The number of benzene rings is 1. The van der Waals surface area contributed by atoms with Crippen LogP contribution in [0.15, 0.2) is 24.3 Å². The smallest absolute Gasteiger partial charge is 0.232 e. The molecule has 0 unspecified atom stereocenters. The zero-order valence-electron chi connectivity index (χ0n) is 13.4. The minimum Gasteiger partial charge on any atom is -0.330 e. The Hall–Kier alpha value is -1.60. The van der Waals surface area contributed by atoms with Gasteiger partial charge in [0.1, 0.15) is 0 Å². The standard InChI is InChI=1S/C16H25N3O3S/c1-2-10-23(21,22)19-14-8-6-13(7-9-14)18-16(20)15-5-3-4-12(15)11-17/h6-9,12,15,19H,2-5,10-11,17H2,1H3,(H,18,20)/t12-,15-/m1/s1. The summed E-state index contributed by atoms with van der Waals surface area (Å²) in [6.45, 7) is 2.35. The van der Waals surface area contributed by atoms with Crippen molar-refractivity contribution in [2.45, 2.75) is 32.6 Å². The zero-order valence-corrected chi connectivity index (χ0v) is 14.2. The minimum absolute atomic E-state index is 0.00253. The van der Waals surface area contributed by atoms with E-state index in [9.17, 15) is 13.2 Å². The van der Waals surface area contributed by atoms with Crippen molar-refractivity contribution in [1.82, 2.24) is 0 Å². The van der Waals surface area contributed by atoms with Gasteiger partial charge in [0.2, 0.25) is 15.9 Å². The summed E-state index contributed by atoms with van der Waals surface area (Å²) in [4.78, 5) is 12.3. The van der Waals surface area contributed by atoms with Gasteiger partial charge in [-0.05, 0) is 56.0 Å². The Morgan fingerprint density at radius 2 is 1.87 bits per heavy atom. The van der Waals surface area contributed by atoms with E-state index >= 15 is 0 Å². The molecule has 0 aliphatic heterocycles. The fourth-order valence-electron chi connectivity index (χ4n) is 3.02. The van der Waals surface area contributed by atoms with E-state index in [4.69, 9.17) is 5.73 Å². The Bertz CT molecular complexity index is 628. The summed E-state index contributed by atoms with van der Waals surface area (Å²) < 4.78 is 25.9.